The Morgan fingerprint density at radius 3 is 2.71 bits per heavy atom. The van der Waals surface area contributed by atoms with E-state index in [2.05, 4.69) is 5.32 Å². The van der Waals surface area contributed by atoms with Crippen LogP contribution in [0.2, 0.25) is 0 Å². The lowest BCUT2D eigenvalue weighted by Gasteiger charge is -2.31. The van der Waals surface area contributed by atoms with E-state index in [-0.39, 0.29) is 30.6 Å². The maximum atomic E-state index is 11.8. The van der Waals surface area contributed by atoms with Gasteiger partial charge in [-0.2, -0.15) is 0 Å². The van der Waals surface area contributed by atoms with E-state index in [1.807, 2.05) is 13.8 Å². The Hall–Kier alpha value is -1.30. The first-order valence-electron chi connectivity index (χ1n) is 5.72. The summed E-state index contributed by atoms with van der Waals surface area (Å²) in [7, 11) is 1.59. The molecule has 0 aromatic heterocycles. The molecular formula is C11H20N2O4. The number of urea groups is 1. The zero-order chi connectivity index (χ0) is 13.1. The molecule has 2 unspecified atom stereocenters. The molecule has 6 heteroatoms. The Labute approximate surface area is 101 Å². The molecule has 1 aliphatic rings. The molecule has 1 saturated heterocycles. The topological polar surface area (TPSA) is 78.9 Å². The Morgan fingerprint density at radius 2 is 2.24 bits per heavy atom. The van der Waals surface area contributed by atoms with Crippen molar-refractivity contribution in [1.29, 1.82) is 0 Å². The van der Waals surface area contributed by atoms with Gasteiger partial charge >= 0.3 is 12.0 Å². The van der Waals surface area contributed by atoms with Gasteiger partial charge in [0.2, 0.25) is 0 Å². The largest absolute Gasteiger partial charge is 0.481 e. The Morgan fingerprint density at radius 1 is 1.59 bits per heavy atom. The van der Waals surface area contributed by atoms with E-state index < -0.39 is 5.97 Å². The van der Waals surface area contributed by atoms with Crippen LogP contribution in [0.3, 0.4) is 0 Å². The van der Waals surface area contributed by atoms with Crippen LogP contribution in [0, 0.1) is 0 Å². The number of carboxylic acids is 1. The second kappa shape index (κ2) is 5.35. The number of nitrogens with one attached hydrogen (secondary N) is 1. The second-order valence-corrected chi connectivity index (χ2v) is 4.68. The molecule has 0 bridgehead atoms. The van der Waals surface area contributed by atoms with Crippen LogP contribution in [0.5, 0.6) is 0 Å². The highest BCUT2D eigenvalue weighted by atomic mass is 16.5. The third kappa shape index (κ3) is 3.59. The predicted molar refractivity (Wildman–Crippen MR) is 61.9 cm³/mol. The fraction of sp³-hybridized carbons (Fsp3) is 0.818. The highest BCUT2D eigenvalue weighted by molar-refractivity contribution is 5.75. The fourth-order valence-electron chi connectivity index (χ4n) is 1.70. The monoisotopic (exact) mass is 244 g/mol. The number of hydrogen-bond donors (Lipinski definition) is 2. The number of nitrogens with zero attached hydrogens (tertiary/aromatic N) is 1. The standard InChI is InChI=1S/C11H20N2O4/c1-8-11(2,5-7-17-8)12-10(16)13(3)6-4-9(14)15/h8H,4-7H2,1-3H3,(H,12,16)(H,14,15). The lowest BCUT2D eigenvalue weighted by atomic mass is 9.95. The Balaban J connectivity index is 2.45. The molecule has 0 aliphatic carbocycles. The quantitative estimate of drug-likeness (QED) is 0.762. The van der Waals surface area contributed by atoms with Gasteiger partial charge in [-0.1, -0.05) is 0 Å². The molecule has 2 atom stereocenters. The van der Waals surface area contributed by atoms with Crippen LogP contribution in [0.4, 0.5) is 4.79 Å². The zero-order valence-corrected chi connectivity index (χ0v) is 10.5. The number of carboxylic acid groups (broad SMARTS) is 1. The van der Waals surface area contributed by atoms with Gasteiger partial charge in [-0.15, -0.1) is 0 Å². The van der Waals surface area contributed by atoms with Gasteiger partial charge in [0.25, 0.3) is 0 Å². The predicted octanol–water partition coefficient (Wildman–Crippen LogP) is 0.670. The molecule has 17 heavy (non-hydrogen) atoms. The molecule has 1 aliphatic heterocycles. The molecule has 1 heterocycles. The molecule has 0 aromatic carbocycles. The minimum absolute atomic E-state index is 0.0284. The molecule has 1 rings (SSSR count). The van der Waals surface area contributed by atoms with E-state index >= 15 is 0 Å². The lowest BCUT2D eigenvalue weighted by Crippen LogP contribution is -2.54. The summed E-state index contributed by atoms with van der Waals surface area (Å²) in [6, 6.07) is -0.258. The highest BCUT2D eigenvalue weighted by Crippen LogP contribution is 2.25. The van der Waals surface area contributed by atoms with Crippen molar-refractivity contribution in [3.8, 4) is 0 Å². The summed E-state index contributed by atoms with van der Waals surface area (Å²) < 4.78 is 5.42. The lowest BCUT2D eigenvalue weighted by molar-refractivity contribution is -0.137. The second-order valence-electron chi connectivity index (χ2n) is 4.68. The van der Waals surface area contributed by atoms with E-state index in [0.29, 0.717) is 6.61 Å². The maximum Gasteiger partial charge on any atom is 0.317 e. The molecule has 98 valence electrons. The van der Waals surface area contributed by atoms with Gasteiger partial charge in [-0.3, -0.25) is 4.79 Å². The van der Waals surface area contributed by atoms with Gasteiger partial charge in [-0.25, -0.2) is 4.79 Å². The summed E-state index contributed by atoms with van der Waals surface area (Å²) in [5.41, 5.74) is -0.367. The first-order valence-corrected chi connectivity index (χ1v) is 5.72. The van der Waals surface area contributed by atoms with Gasteiger partial charge in [0.05, 0.1) is 18.1 Å². The average Bonchev–Trinajstić information content (AvgIpc) is 2.55. The first-order chi connectivity index (χ1) is 7.85. The first kappa shape index (κ1) is 13.8. The molecule has 0 aromatic rings. The average molecular weight is 244 g/mol. The molecular weight excluding hydrogens is 224 g/mol. The highest BCUT2D eigenvalue weighted by Gasteiger charge is 2.38. The van der Waals surface area contributed by atoms with Crippen molar-refractivity contribution in [3.05, 3.63) is 0 Å². The van der Waals surface area contributed by atoms with Gasteiger partial charge in [-0.05, 0) is 20.3 Å². The molecule has 2 N–H and O–H groups in total. The zero-order valence-electron chi connectivity index (χ0n) is 10.5. The number of aliphatic carboxylic acids is 1. The van der Waals surface area contributed by atoms with E-state index in [0.717, 1.165) is 6.42 Å². The molecule has 0 radical (unpaired) electrons. The molecule has 1 fully saturated rings. The van der Waals surface area contributed by atoms with Crippen molar-refractivity contribution in [2.75, 3.05) is 20.2 Å². The third-order valence-corrected chi connectivity index (χ3v) is 3.29. The number of carbonyl (C=O) groups excluding carboxylic acids is 1. The number of carbonyl (C=O) groups is 2. The van der Waals surface area contributed by atoms with Crippen LogP contribution < -0.4 is 5.32 Å². The SMILES string of the molecule is CC1OCCC1(C)NC(=O)N(C)CCC(=O)O. The Bertz CT molecular complexity index is 308. The van der Waals surface area contributed by atoms with Crippen LogP contribution in [-0.4, -0.2) is 53.8 Å². The number of hydrogen-bond acceptors (Lipinski definition) is 3. The van der Waals surface area contributed by atoms with Crippen LogP contribution in [-0.2, 0) is 9.53 Å². The van der Waals surface area contributed by atoms with Crippen LogP contribution in [0.1, 0.15) is 26.7 Å². The van der Waals surface area contributed by atoms with Crippen molar-refractivity contribution in [1.82, 2.24) is 10.2 Å². The van der Waals surface area contributed by atoms with Gasteiger partial charge < -0.3 is 20.1 Å². The maximum absolute atomic E-state index is 11.8. The molecule has 6 nitrogen and oxygen atoms in total. The summed E-state index contributed by atoms with van der Waals surface area (Å²) in [6.45, 7) is 4.70. The van der Waals surface area contributed by atoms with Crippen molar-refractivity contribution in [2.24, 2.45) is 0 Å². The fourth-order valence-corrected chi connectivity index (χ4v) is 1.70. The summed E-state index contributed by atoms with van der Waals surface area (Å²) in [5.74, 6) is -0.909. The minimum Gasteiger partial charge on any atom is -0.481 e. The van der Waals surface area contributed by atoms with Crippen molar-refractivity contribution in [3.63, 3.8) is 0 Å². The summed E-state index contributed by atoms with van der Waals surface area (Å²) in [5, 5.41) is 11.4. The van der Waals surface area contributed by atoms with E-state index in [9.17, 15) is 9.59 Å². The molecule has 0 spiro atoms. The summed E-state index contributed by atoms with van der Waals surface area (Å²) >= 11 is 0. The van der Waals surface area contributed by atoms with Crippen LogP contribution in [0.15, 0.2) is 0 Å². The van der Waals surface area contributed by atoms with E-state index in [4.69, 9.17) is 9.84 Å². The van der Waals surface area contributed by atoms with Crippen molar-refractivity contribution >= 4 is 12.0 Å². The third-order valence-electron chi connectivity index (χ3n) is 3.29. The molecule has 0 saturated carbocycles. The van der Waals surface area contributed by atoms with Gasteiger partial charge in [0.1, 0.15) is 0 Å². The Kier molecular flexibility index (Phi) is 4.34. The van der Waals surface area contributed by atoms with Gasteiger partial charge in [0, 0.05) is 20.2 Å². The van der Waals surface area contributed by atoms with E-state index in [1.54, 1.807) is 7.05 Å². The number of ether oxygens (including phenoxy) is 1. The normalized spacial score (nSPS) is 27.8. The smallest absolute Gasteiger partial charge is 0.317 e. The van der Waals surface area contributed by atoms with E-state index in [1.165, 1.54) is 4.90 Å². The van der Waals surface area contributed by atoms with Crippen LogP contribution >= 0.6 is 0 Å². The molecule has 2 amide bonds. The van der Waals surface area contributed by atoms with Crippen LogP contribution in [0.25, 0.3) is 0 Å². The minimum atomic E-state index is -0.909. The van der Waals surface area contributed by atoms with Crippen molar-refractivity contribution < 1.29 is 19.4 Å². The number of rotatable bonds is 4. The summed E-state index contributed by atoms with van der Waals surface area (Å²) in [4.78, 5) is 23.6. The van der Waals surface area contributed by atoms with Crippen molar-refractivity contribution in [2.45, 2.75) is 38.3 Å². The van der Waals surface area contributed by atoms with Gasteiger partial charge in [0.15, 0.2) is 0 Å². The number of amides is 2. The summed E-state index contributed by atoms with van der Waals surface area (Å²) in [6.07, 6.45) is 0.693.